The summed E-state index contributed by atoms with van der Waals surface area (Å²) in [5.41, 5.74) is 0. The lowest BCUT2D eigenvalue weighted by Gasteiger charge is -2.15. The number of carbonyl (C=O) groups excluding carboxylic acids is 2. The number of ether oxygens (including phenoxy) is 1. The number of amides is 1. The normalized spacial score (nSPS) is 16.6. The Morgan fingerprint density at radius 3 is 2.56 bits per heavy atom. The van der Waals surface area contributed by atoms with Gasteiger partial charge in [0.1, 0.15) is 6.04 Å². The van der Waals surface area contributed by atoms with E-state index in [1.807, 2.05) is 0 Å². The molecule has 0 aliphatic heterocycles. The van der Waals surface area contributed by atoms with Gasteiger partial charge < -0.3 is 10.1 Å². The van der Waals surface area contributed by atoms with E-state index < -0.39 is 6.04 Å². The van der Waals surface area contributed by atoms with Crippen LogP contribution in [0.3, 0.4) is 0 Å². The number of nitrogens with one attached hydrogen (secondary N) is 1. The molecule has 1 amide bonds. The van der Waals surface area contributed by atoms with Gasteiger partial charge in [-0.25, -0.2) is 4.79 Å². The topological polar surface area (TPSA) is 55.4 Å². The lowest BCUT2D eigenvalue weighted by Crippen LogP contribution is -2.43. The van der Waals surface area contributed by atoms with Crippen molar-refractivity contribution < 1.29 is 14.3 Å². The molecule has 0 unspecified atom stereocenters. The van der Waals surface area contributed by atoms with Crippen molar-refractivity contribution >= 4 is 11.9 Å². The van der Waals surface area contributed by atoms with Crippen molar-refractivity contribution in [3.05, 3.63) is 0 Å². The molecular weight excluding hydrogens is 206 g/mol. The van der Waals surface area contributed by atoms with E-state index in [1.165, 1.54) is 7.11 Å². The molecule has 0 aromatic rings. The number of hydrogen-bond donors (Lipinski definition) is 1. The van der Waals surface area contributed by atoms with E-state index in [9.17, 15) is 9.59 Å². The molecule has 16 heavy (non-hydrogen) atoms. The van der Waals surface area contributed by atoms with Crippen LogP contribution in [0.1, 0.15) is 45.4 Å². The molecule has 1 N–H and O–H groups in total. The molecule has 0 heterocycles. The zero-order valence-electron chi connectivity index (χ0n) is 10.1. The van der Waals surface area contributed by atoms with Crippen molar-refractivity contribution in [3.8, 4) is 0 Å². The fraction of sp³-hybridized carbons (Fsp3) is 0.833. The van der Waals surface area contributed by atoms with Gasteiger partial charge in [0.15, 0.2) is 0 Å². The summed E-state index contributed by atoms with van der Waals surface area (Å²) >= 11 is 0. The first kappa shape index (κ1) is 13.0. The second-order valence-corrected chi connectivity index (χ2v) is 4.36. The SMILES string of the molecule is CCCCCC(=O)N[C@H](C(=O)OC)C1CC1. The Balaban J connectivity index is 2.30. The van der Waals surface area contributed by atoms with Crippen molar-refractivity contribution in [3.63, 3.8) is 0 Å². The first-order chi connectivity index (χ1) is 7.69. The van der Waals surface area contributed by atoms with E-state index in [0.717, 1.165) is 32.1 Å². The Morgan fingerprint density at radius 1 is 1.38 bits per heavy atom. The minimum atomic E-state index is -0.417. The van der Waals surface area contributed by atoms with Gasteiger partial charge >= 0.3 is 5.97 Å². The molecule has 92 valence electrons. The number of carbonyl (C=O) groups is 2. The van der Waals surface area contributed by atoms with Crippen LogP contribution < -0.4 is 5.32 Å². The maximum absolute atomic E-state index is 11.6. The van der Waals surface area contributed by atoms with Gasteiger partial charge in [-0.2, -0.15) is 0 Å². The van der Waals surface area contributed by atoms with Crippen molar-refractivity contribution in [1.82, 2.24) is 5.32 Å². The molecule has 0 aromatic heterocycles. The van der Waals surface area contributed by atoms with Crippen LogP contribution in [-0.2, 0) is 14.3 Å². The van der Waals surface area contributed by atoms with Crippen LogP contribution in [0.25, 0.3) is 0 Å². The lowest BCUT2D eigenvalue weighted by molar-refractivity contribution is -0.145. The summed E-state index contributed by atoms with van der Waals surface area (Å²) in [6.07, 6.45) is 5.56. The highest BCUT2D eigenvalue weighted by molar-refractivity contribution is 5.84. The molecule has 1 atom stereocenters. The summed E-state index contributed by atoms with van der Waals surface area (Å²) < 4.78 is 4.69. The Bertz CT molecular complexity index is 249. The van der Waals surface area contributed by atoms with Crippen LogP contribution in [0, 0.1) is 5.92 Å². The summed E-state index contributed by atoms with van der Waals surface area (Å²) in [4.78, 5) is 23.0. The molecule has 0 spiro atoms. The van der Waals surface area contributed by atoms with Crippen molar-refractivity contribution in [1.29, 1.82) is 0 Å². The van der Waals surface area contributed by atoms with Crippen LogP contribution in [-0.4, -0.2) is 25.0 Å². The Labute approximate surface area is 96.7 Å². The molecule has 1 rings (SSSR count). The smallest absolute Gasteiger partial charge is 0.328 e. The van der Waals surface area contributed by atoms with E-state index in [0.29, 0.717) is 12.3 Å². The average molecular weight is 227 g/mol. The fourth-order valence-corrected chi connectivity index (χ4v) is 1.71. The van der Waals surface area contributed by atoms with Crippen LogP contribution in [0.2, 0.25) is 0 Å². The van der Waals surface area contributed by atoms with E-state index in [4.69, 9.17) is 0 Å². The van der Waals surface area contributed by atoms with Gasteiger partial charge in [-0.1, -0.05) is 19.8 Å². The summed E-state index contributed by atoms with van der Waals surface area (Å²) in [7, 11) is 1.36. The van der Waals surface area contributed by atoms with Crippen molar-refractivity contribution in [2.24, 2.45) is 5.92 Å². The first-order valence-corrected chi connectivity index (χ1v) is 6.06. The lowest BCUT2D eigenvalue weighted by atomic mass is 10.1. The van der Waals surface area contributed by atoms with Crippen LogP contribution >= 0.6 is 0 Å². The standard InChI is InChI=1S/C12H21NO3/c1-3-4-5-6-10(14)13-11(9-7-8-9)12(15)16-2/h9,11H,3-8H2,1-2H3,(H,13,14)/t11-/m0/s1. The first-order valence-electron chi connectivity index (χ1n) is 6.06. The number of unbranched alkanes of at least 4 members (excludes halogenated alkanes) is 2. The third kappa shape index (κ3) is 4.21. The van der Waals surface area contributed by atoms with Crippen LogP contribution in [0.15, 0.2) is 0 Å². The third-order valence-corrected chi connectivity index (χ3v) is 2.87. The quantitative estimate of drug-likeness (QED) is 0.531. The molecule has 0 aromatic carbocycles. The summed E-state index contributed by atoms with van der Waals surface area (Å²) in [5.74, 6) is -0.0512. The Kier molecular flexibility index (Phi) is 5.29. The predicted molar refractivity (Wildman–Crippen MR) is 60.8 cm³/mol. The van der Waals surface area contributed by atoms with Crippen molar-refractivity contribution in [2.45, 2.75) is 51.5 Å². The molecule has 1 saturated carbocycles. The van der Waals surface area contributed by atoms with Gasteiger partial charge in [-0.3, -0.25) is 4.79 Å². The number of esters is 1. The number of methoxy groups -OCH3 is 1. The van der Waals surface area contributed by atoms with Crippen LogP contribution in [0.4, 0.5) is 0 Å². The van der Waals surface area contributed by atoms with E-state index >= 15 is 0 Å². The second-order valence-electron chi connectivity index (χ2n) is 4.36. The minimum Gasteiger partial charge on any atom is -0.467 e. The monoisotopic (exact) mass is 227 g/mol. The molecule has 4 heteroatoms. The molecule has 0 radical (unpaired) electrons. The van der Waals surface area contributed by atoms with Gasteiger partial charge in [0.05, 0.1) is 7.11 Å². The zero-order valence-corrected chi connectivity index (χ0v) is 10.1. The van der Waals surface area contributed by atoms with Crippen molar-refractivity contribution in [2.75, 3.05) is 7.11 Å². The third-order valence-electron chi connectivity index (χ3n) is 2.87. The number of rotatable bonds is 7. The molecule has 0 bridgehead atoms. The highest BCUT2D eigenvalue weighted by Crippen LogP contribution is 2.33. The van der Waals surface area contributed by atoms with Gasteiger partial charge in [0.2, 0.25) is 5.91 Å². The summed E-state index contributed by atoms with van der Waals surface area (Å²) in [6.45, 7) is 2.10. The molecule has 1 fully saturated rings. The van der Waals surface area contributed by atoms with Gasteiger partial charge in [0, 0.05) is 6.42 Å². The Morgan fingerprint density at radius 2 is 2.06 bits per heavy atom. The average Bonchev–Trinajstić information content (AvgIpc) is 3.09. The zero-order chi connectivity index (χ0) is 12.0. The molecule has 4 nitrogen and oxygen atoms in total. The summed E-state index contributed by atoms with van der Waals surface area (Å²) in [6, 6.07) is -0.417. The fourth-order valence-electron chi connectivity index (χ4n) is 1.71. The van der Waals surface area contributed by atoms with Gasteiger partial charge in [-0.15, -0.1) is 0 Å². The minimum absolute atomic E-state index is 0.0317. The van der Waals surface area contributed by atoms with Crippen LogP contribution in [0.5, 0.6) is 0 Å². The maximum Gasteiger partial charge on any atom is 0.328 e. The number of hydrogen-bond acceptors (Lipinski definition) is 3. The highest BCUT2D eigenvalue weighted by Gasteiger charge is 2.37. The predicted octanol–water partition coefficient (Wildman–Crippen LogP) is 1.63. The van der Waals surface area contributed by atoms with E-state index in [-0.39, 0.29) is 11.9 Å². The van der Waals surface area contributed by atoms with E-state index in [2.05, 4.69) is 17.0 Å². The highest BCUT2D eigenvalue weighted by atomic mass is 16.5. The summed E-state index contributed by atoms with van der Waals surface area (Å²) in [5, 5.41) is 2.78. The molecular formula is C12H21NO3. The molecule has 1 aliphatic carbocycles. The maximum atomic E-state index is 11.6. The second kappa shape index (κ2) is 6.51. The molecule has 0 saturated heterocycles. The van der Waals surface area contributed by atoms with Gasteiger partial charge in [-0.05, 0) is 25.2 Å². The van der Waals surface area contributed by atoms with Gasteiger partial charge in [0.25, 0.3) is 0 Å². The largest absolute Gasteiger partial charge is 0.467 e. The van der Waals surface area contributed by atoms with E-state index in [1.54, 1.807) is 0 Å². The molecule has 1 aliphatic rings. The Hall–Kier alpha value is -1.06.